The van der Waals surface area contributed by atoms with E-state index < -0.39 is 6.49 Å². The second-order valence-corrected chi connectivity index (χ2v) is 6.55. The van der Waals surface area contributed by atoms with E-state index >= 15 is 0 Å². The third-order valence-corrected chi connectivity index (χ3v) is 5.06. The Balaban J connectivity index is 3.01. The topological polar surface area (TPSA) is 39.7 Å². The first-order chi connectivity index (χ1) is 8.66. The number of hydrogen-bond donors (Lipinski definition) is 1. The van der Waals surface area contributed by atoms with E-state index in [0.717, 1.165) is 5.30 Å². The maximum Gasteiger partial charge on any atom is 0.271 e. The van der Waals surface area contributed by atoms with Crippen LogP contribution in [0.2, 0.25) is 0 Å². The molecule has 0 fully saturated rings. The fourth-order valence-electron chi connectivity index (χ4n) is 1.23. The van der Waals surface area contributed by atoms with Gasteiger partial charge in [-0.1, -0.05) is 30.5 Å². The van der Waals surface area contributed by atoms with Crippen LogP contribution in [-0.2, 0) is 25.7 Å². The highest BCUT2D eigenvalue weighted by Crippen LogP contribution is 2.48. The molecule has 6 heteroatoms. The molecule has 0 radical (unpaired) electrons. The summed E-state index contributed by atoms with van der Waals surface area (Å²) < 4.78 is 11.3. The van der Waals surface area contributed by atoms with Crippen LogP contribution in [0.4, 0.5) is 0 Å². The van der Waals surface area contributed by atoms with E-state index in [4.69, 9.17) is 25.7 Å². The van der Waals surface area contributed by atoms with Gasteiger partial charge in [-0.2, -0.15) is 0 Å². The zero-order chi connectivity index (χ0) is 13.4. The highest BCUT2D eigenvalue weighted by Gasteiger charge is 2.24. The number of rotatable bonds is 7. The van der Waals surface area contributed by atoms with E-state index in [9.17, 15) is 0 Å². The lowest BCUT2D eigenvalue weighted by molar-refractivity contribution is 0.0833. The lowest BCUT2D eigenvalue weighted by Crippen LogP contribution is -2.17. The van der Waals surface area contributed by atoms with Crippen molar-refractivity contribution in [2.75, 3.05) is 13.7 Å². The Morgan fingerprint density at radius 2 is 2.11 bits per heavy atom. The first-order valence-corrected chi connectivity index (χ1v) is 7.99. The summed E-state index contributed by atoms with van der Waals surface area (Å²) in [6.07, 6.45) is 0. The number of hydroxylamine groups is 1. The van der Waals surface area contributed by atoms with Crippen LogP contribution >= 0.6 is 6.49 Å². The van der Waals surface area contributed by atoms with Crippen LogP contribution in [0.1, 0.15) is 6.92 Å². The Labute approximate surface area is 112 Å². The summed E-state index contributed by atoms with van der Waals surface area (Å²) in [4.78, 5) is 4.76. The molecule has 0 aliphatic heterocycles. The molecule has 98 valence electrons. The van der Waals surface area contributed by atoms with Gasteiger partial charge in [0.05, 0.1) is 13.7 Å². The molecule has 0 aliphatic rings. The van der Waals surface area contributed by atoms with Gasteiger partial charge in [-0.3, -0.25) is 4.84 Å². The van der Waals surface area contributed by atoms with Crippen LogP contribution in [0.5, 0.6) is 0 Å². The zero-order valence-electron chi connectivity index (χ0n) is 10.4. The summed E-state index contributed by atoms with van der Waals surface area (Å²) in [6.45, 7) is 3.21. The van der Waals surface area contributed by atoms with E-state index in [1.807, 2.05) is 37.3 Å². The third-order valence-electron chi connectivity index (χ3n) is 1.94. The average Bonchev–Trinajstić information content (AvgIpc) is 2.39. The smallest absolute Gasteiger partial charge is 0.271 e. The molecule has 4 nitrogen and oxygen atoms in total. The predicted molar refractivity (Wildman–Crippen MR) is 75.9 cm³/mol. The van der Waals surface area contributed by atoms with Crippen molar-refractivity contribution in [3.8, 4) is 0 Å². The van der Waals surface area contributed by atoms with E-state index in [0.29, 0.717) is 6.61 Å². The minimum Gasteiger partial charge on any atom is -0.415 e. The third kappa shape index (κ3) is 3.98. The Bertz CT molecular complexity index is 471. The first kappa shape index (κ1) is 15.0. The molecular formula is C12H16NO3PS. The van der Waals surface area contributed by atoms with E-state index in [2.05, 4.69) is 17.8 Å². The van der Waals surface area contributed by atoms with Crippen molar-refractivity contribution in [2.45, 2.75) is 6.92 Å². The number of benzene rings is 1. The molecule has 0 saturated carbocycles. The van der Waals surface area contributed by atoms with Crippen molar-refractivity contribution in [2.24, 2.45) is 0 Å². The van der Waals surface area contributed by atoms with Crippen LogP contribution < -0.4 is 10.8 Å². The summed E-state index contributed by atoms with van der Waals surface area (Å²) in [6, 6.07) is 9.44. The molecule has 1 atom stereocenters. The maximum atomic E-state index is 5.66. The van der Waals surface area contributed by atoms with Crippen molar-refractivity contribution >= 4 is 23.6 Å². The summed E-state index contributed by atoms with van der Waals surface area (Å²) in [5.41, 5.74) is 5.09. The summed E-state index contributed by atoms with van der Waals surface area (Å²) in [7, 11) is 1.47. The predicted octanol–water partition coefficient (Wildman–Crippen LogP) is 2.45. The van der Waals surface area contributed by atoms with Crippen molar-refractivity contribution in [3.63, 3.8) is 0 Å². The highest BCUT2D eigenvalue weighted by atomic mass is 32.5. The summed E-state index contributed by atoms with van der Waals surface area (Å²) in [5, 5.41) is 0.826. The van der Waals surface area contributed by atoms with Crippen LogP contribution in [-0.4, -0.2) is 13.7 Å². The molecular weight excluding hydrogens is 269 g/mol. The maximum absolute atomic E-state index is 5.66. The standard InChI is InChI=1S/C12H16NO3PS/c1-4-12(13-14-3)16-17(18,15-5-2)11-9-7-6-8-10-11/h6-10,13H,1,5H2,2-3H3. The molecule has 1 aromatic rings. The largest absolute Gasteiger partial charge is 0.415 e. The Morgan fingerprint density at radius 3 is 2.61 bits per heavy atom. The van der Waals surface area contributed by atoms with Gasteiger partial charge >= 0.3 is 0 Å². The fraction of sp³-hybridized carbons (Fsp3) is 0.250. The highest BCUT2D eigenvalue weighted by molar-refractivity contribution is 8.13. The number of hydrogen-bond acceptors (Lipinski definition) is 5. The van der Waals surface area contributed by atoms with E-state index in [1.165, 1.54) is 7.11 Å². The Morgan fingerprint density at radius 1 is 1.44 bits per heavy atom. The average molecular weight is 285 g/mol. The first-order valence-electron chi connectivity index (χ1n) is 5.35. The van der Waals surface area contributed by atoms with Gasteiger partial charge in [-0.15, -0.1) is 0 Å². The molecule has 1 N–H and O–H groups in total. The minimum atomic E-state index is -2.62. The van der Waals surface area contributed by atoms with Crippen molar-refractivity contribution in [1.29, 1.82) is 0 Å². The monoisotopic (exact) mass is 285 g/mol. The van der Waals surface area contributed by atoms with Gasteiger partial charge < -0.3 is 9.05 Å². The zero-order valence-corrected chi connectivity index (χ0v) is 12.1. The molecule has 0 spiro atoms. The second-order valence-electron chi connectivity index (χ2n) is 3.15. The Kier molecular flexibility index (Phi) is 6.13. The normalized spacial score (nSPS) is 13.2. The van der Waals surface area contributed by atoms with Crippen LogP contribution in [0, 0.1) is 0 Å². The van der Waals surface area contributed by atoms with Gasteiger partial charge in [0.2, 0.25) is 0 Å². The molecule has 0 aromatic heterocycles. The molecule has 0 saturated heterocycles. The molecule has 18 heavy (non-hydrogen) atoms. The van der Waals surface area contributed by atoms with Crippen molar-refractivity contribution in [1.82, 2.24) is 5.48 Å². The summed E-state index contributed by atoms with van der Waals surface area (Å²) in [5.74, 6) is 0.220. The SMILES string of the molecule is C=C=C(NOC)OP(=S)(OCC)c1ccccc1. The molecule has 1 aromatic carbocycles. The van der Waals surface area contributed by atoms with Crippen LogP contribution in [0.25, 0.3) is 0 Å². The van der Waals surface area contributed by atoms with Gasteiger partial charge in [-0.25, -0.2) is 5.48 Å². The van der Waals surface area contributed by atoms with Crippen LogP contribution in [0.3, 0.4) is 0 Å². The molecule has 0 amide bonds. The lowest BCUT2D eigenvalue weighted by Gasteiger charge is -2.23. The molecule has 1 rings (SSSR count). The van der Waals surface area contributed by atoms with E-state index in [1.54, 1.807) is 0 Å². The molecule has 0 heterocycles. The van der Waals surface area contributed by atoms with Gasteiger partial charge in [0.1, 0.15) is 0 Å². The van der Waals surface area contributed by atoms with Crippen molar-refractivity contribution in [3.05, 3.63) is 48.5 Å². The Hall–Kier alpha value is -1.09. The van der Waals surface area contributed by atoms with E-state index in [-0.39, 0.29) is 5.88 Å². The van der Waals surface area contributed by atoms with Gasteiger partial charge in [0.15, 0.2) is 0 Å². The second kappa shape index (κ2) is 7.37. The van der Waals surface area contributed by atoms with Gasteiger partial charge in [-0.05, 0) is 30.9 Å². The van der Waals surface area contributed by atoms with Gasteiger partial charge in [0.25, 0.3) is 12.4 Å². The fourth-order valence-corrected chi connectivity index (χ4v) is 3.67. The quantitative estimate of drug-likeness (QED) is 0.361. The van der Waals surface area contributed by atoms with Crippen LogP contribution in [0.15, 0.2) is 48.5 Å². The molecule has 0 aliphatic carbocycles. The lowest BCUT2D eigenvalue weighted by atomic mass is 10.4. The minimum absolute atomic E-state index is 0.220. The molecule has 0 bridgehead atoms. The van der Waals surface area contributed by atoms with Gasteiger partial charge in [0, 0.05) is 5.30 Å². The summed E-state index contributed by atoms with van der Waals surface area (Å²) >= 11 is 5.51. The number of nitrogens with one attached hydrogen (secondary N) is 1. The van der Waals surface area contributed by atoms with Crippen molar-refractivity contribution < 1.29 is 13.9 Å². The molecule has 1 unspecified atom stereocenters.